The number of nitrogens with zero attached hydrogens (tertiary/aromatic N) is 4. The fourth-order valence-electron chi connectivity index (χ4n) is 5.53. The van der Waals surface area contributed by atoms with Gasteiger partial charge < -0.3 is 23.8 Å². The van der Waals surface area contributed by atoms with Crippen molar-refractivity contribution < 1.29 is 31.5 Å². The summed E-state index contributed by atoms with van der Waals surface area (Å²) >= 11 is 0. The van der Waals surface area contributed by atoms with E-state index in [0.717, 1.165) is 21.8 Å². The van der Waals surface area contributed by atoms with E-state index in [2.05, 4.69) is 10.3 Å². The molecule has 7 rings (SSSR count). The third-order valence-electron chi connectivity index (χ3n) is 7.87. The number of halogens is 1. The number of pyridine rings is 2. The SMILES string of the molecule is CNC(=O)c1c(-c2ccc(F)cc2)oc2cc(N(C)S(C)(=O)=O)c(-c3ccc4c(n3)-c3cc5nc(OC)ccc5n3CO4)cc12. The molecule has 6 aromatic rings. The zero-order chi connectivity index (χ0) is 31.6. The second-order valence-electron chi connectivity index (χ2n) is 10.5. The van der Waals surface area contributed by atoms with Crippen LogP contribution in [-0.4, -0.2) is 56.3 Å². The molecule has 0 saturated heterocycles. The van der Waals surface area contributed by atoms with E-state index in [9.17, 15) is 17.6 Å². The Morgan fingerprint density at radius 3 is 2.56 bits per heavy atom. The smallest absolute Gasteiger partial charge is 0.255 e. The molecule has 45 heavy (non-hydrogen) atoms. The number of carbonyl (C=O) groups is 1. The highest BCUT2D eigenvalue weighted by Gasteiger charge is 2.28. The highest BCUT2D eigenvalue weighted by Crippen LogP contribution is 2.43. The second-order valence-corrected chi connectivity index (χ2v) is 12.5. The first-order valence-electron chi connectivity index (χ1n) is 13.8. The molecule has 2 aromatic carbocycles. The van der Waals surface area contributed by atoms with Crippen LogP contribution < -0.4 is 19.1 Å². The number of anilines is 1. The molecule has 0 saturated carbocycles. The number of nitrogens with one attached hydrogen (secondary N) is 1. The van der Waals surface area contributed by atoms with E-state index in [1.165, 1.54) is 38.4 Å². The van der Waals surface area contributed by atoms with Crippen molar-refractivity contribution >= 4 is 43.6 Å². The number of rotatable bonds is 6. The summed E-state index contributed by atoms with van der Waals surface area (Å²) < 4.78 is 59.9. The standard InChI is InChI=1S/C32H26FN5O6S/c1-34-32(39)29-20-13-19(24(37(2)45(4,40)41)15-27(20)44-31(29)17-5-7-18(33)8-6-17)21-9-11-26-30(36-21)25-14-22-23(38(25)16-43-26)10-12-28(35-22)42-3/h5-15H,16H2,1-4H3,(H,34,39). The molecule has 4 aromatic heterocycles. The van der Waals surface area contributed by atoms with Crippen LogP contribution in [-0.2, 0) is 16.8 Å². The van der Waals surface area contributed by atoms with Crippen molar-refractivity contribution in [1.82, 2.24) is 19.9 Å². The number of sulfonamides is 1. The number of fused-ring (bicyclic) bond motifs is 6. The van der Waals surface area contributed by atoms with Gasteiger partial charge in [-0.25, -0.2) is 22.8 Å². The molecule has 1 aliphatic rings. The lowest BCUT2D eigenvalue weighted by molar-refractivity contribution is 0.0964. The van der Waals surface area contributed by atoms with Gasteiger partial charge in [-0.15, -0.1) is 0 Å². The molecule has 5 heterocycles. The van der Waals surface area contributed by atoms with Crippen LogP contribution in [0.4, 0.5) is 10.1 Å². The Morgan fingerprint density at radius 1 is 1.07 bits per heavy atom. The van der Waals surface area contributed by atoms with Crippen LogP contribution in [0.5, 0.6) is 11.6 Å². The Morgan fingerprint density at radius 2 is 1.84 bits per heavy atom. The lowest BCUT2D eigenvalue weighted by Gasteiger charge is -2.23. The van der Waals surface area contributed by atoms with Gasteiger partial charge in [-0.05, 0) is 54.6 Å². The third-order valence-corrected chi connectivity index (χ3v) is 9.06. The first-order chi connectivity index (χ1) is 21.6. The monoisotopic (exact) mass is 627 g/mol. The van der Waals surface area contributed by atoms with Gasteiger partial charge in [0.2, 0.25) is 15.9 Å². The fourth-order valence-corrected chi connectivity index (χ4v) is 6.04. The maximum atomic E-state index is 13.7. The van der Waals surface area contributed by atoms with Crippen molar-refractivity contribution in [2.24, 2.45) is 0 Å². The molecular weight excluding hydrogens is 601 g/mol. The summed E-state index contributed by atoms with van der Waals surface area (Å²) in [6, 6.07) is 17.9. The Labute approximate surface area is 256 Å². The van der Waals surface area contributed by atoms with Gasteiger partial charge in [-0.2, -0.15) is 0 Å². The normalized spacial score (nSPS) is 12.5. The molecule has 11 nitrogen and oxygen atoms in total. The number of hydrogen-bond donors (Lipinski definition) is 1. The van der Waals surface area contributed by atoms with Crippen LogP contribution in [0.1, 0.15) is 10.4 Å². The van der Waals surface area contributed by atoms with Crippen LogP contribution in [0.2, 0.25) is 0 Å². The lowest BCUT2D eigenvalue weighted by Crippen LogP contribution is -2.25. The molecule has 0 bridgehead atoms. The predicted molar refractivity (Wildman–Crippen MR) is 167 cm³/mol. The Bertz CT molecular complexity index is 2280. The summed E-state index contributed by atoms with van der Waals surface area (Å²) in [5, 5.41) is 3.07. The minimum absolute atomic E-state index is 0.216. The van der Waals surface area contributed by atoms with E-state index >= 15 is 0 Å². The van der Waals surface area contributed by atoms with E-state index in [1.807, 2.05) is 16.7 Å². The van der Waals surface area contributed by atoms with E-state index in [4.69, 9.17) is 18.9 Å². The average molecular weight is 628 g/mol. The molecule has 1 aliphatic heterocycles. The number of ether oxygens (including phenoxy) is 2. The first kappa shape index (κ1) is 28.3. The van der Waals surface area contributed by atoms with Gasteiger partial charge in [0.1, 0.15) is 28.6 Å². The van der Waals surface area contributed by atoms with E-state index in [-0.39, 0.29) is 29.3 Å². The van der Waals surface area contributed by atoms with Crippen molar-refractivity contribution in [2.45, 2.75) is 6.73 Å². The quantitative estimate of drug-likeness (QED) is 0.259. The van der Waals surface area contributed by atoms with Crippen LogP contribution in [0.3, 0.4) is 0 Å². The summed E-state index contributed by atoms with van der Waals surface area (Å²) in [4.78, 5) is 22.7. The number of carbonyl (C=O) groups excluding carboxylic acids is 1. The van der Waals surface area contributed by atoms with Crippen molar-refractivity contribution in [3.05, 3.63) is 78.1 Å². The highest BCUT2D eigenvalue weighted by molar-refractivity contribution is 7.92. The lowest BCUT2D eigenvalue weighted by atomic mass is 10.0. The summed E-state index contributed by atoms with van der Waals surface area (Å²) in [6.45, 7) is 0.256. The van der Waals surface area contributed by atoms with Crippen LogP contribution in [0.15, 0.2) is 71.1 Å². The van der Waals surface area contributed by atoms with E-state index in [0.29, 0.717) is 45.0 Å². The number of furan rings is 1. The van der Waals surface area contributed by atoms with Gasteiger partial charge in [0, 0.05) is 42.7 Å². The van der Waals surface area contributed by atoms with Gasteiger partial charge in [0.15, 0.2) is 6.73 Å². The van der Waals surface area contributed by atoms with Crippen molar-refractivity contribution in [3.63, 3.8) is 0 Å². The molecule has 13 heteroatoms. The summed E-state index contributed by atoms with van der Waals surface area (Å²) in [5.74, 6) is 0.374. The first-order valence-corrected chi connectivity index (χ1v) is 15.6. The molecular formula is C32H26FN5O6S. The van der Waals surface area contributed by atoms with Crippen LogP contribution in [0.25, 0.3) is 56.0 Å². The number of aromatic nitrogens is 3. The topological polar surface area (TPSA) is 129 Å². The van der Waals surface area contributed by atoms with Gasteiger partial charge >= 0.3 is 0 Å². The van der Waals surface area contributed by atoms with Crippen molar-refractivity contribution in [3.8, 4) is 45.6 Å². The van der Waals surface area contributed by atoms with Gasteiger partial charge in [-0.3, -0.25) is 9.10 Å². The second kappa shape index (κ2) is 10.3. The van der Waals surface area contributed by atoms with Gasteiger partial charge in [-0.1, -0.05) is 0 Å². The van der Waals surface area contributed by atoms with Gasteiger partial charge in [0.25, 0.3) is 5.91 Å². The zero-order valence-electron chi connectivity index (χ0n) is 24.6. The number of hydrogen-bond acceptors (Lipinski definition) is 8. The Hall–Kier alpha value is -5.43. The molecule has 0 fully saturated rings. The molecule has 1 N–H and O–H groups in total. The fraction of sp³-hybridized carbons (Fsp3) is 0.156. The molecule has 0 unspecified atom stereocenters. The Kier molecular flexibility index (Phi) is 6.51. The maximum absolute atomic E-state index is 13.7. The van der Waals surface area contributed by atoms with E-state index in [1.54, 1.807) is 37.4 Å². The summed E-state index contributed by atoms with van der Waals surface area (Å²) in [7, 11) is 0.749. The molecule has 0 radical (unpaired) electrons. The van der Waals surface area contributed by atoms with Crippen LogP contribution in [0, 0.1) is 5.82 Å². The zero-order valence-corrected chi connectivity index (χ0v) is 25.4. The highest BCUT2D eigenvalue weighted by atomic mass is 32.2. The minimum Gasteiger partial charge on any atom is -0.481 e. The molecule has 1 amide bonds. The molecule has 0 spiro atoms. The Balaban J connectivity index is 1.48. The largest absolute Gasteiger partial charge is 0.481 e. The number of benzene rings is 2. The molecule has 228 valence electrons. The van der Waals surface area contributed by atoms with Gasteiger partial charge in [0.05, 0.1) is 47.0 Å². The maximum Gasteiger partial charge on any atom is 0.255 e. The average Bonchev–Trinajstić information content (AvgIpc) is 3.61. The number of amides is 1. The molecule has 0 aliphatic carbocycles. The summed E-state index contributed by atoms with van der Waals surface area (Å²) in [6.07, 6.45) is 1.09. The van der Waals surface area contributed by atoms with Crippen molar-refractivity contribution in [1.29, 1.82) is 0 Å². The van der Waals surface area contributed by atoms with E-state index < -0.39 is 21.7 Å². The predicted octanol–water partition coefficient (Wildman–Crippen LogP) is 5.43. The molecule has 0 atom stereocenters. The third kappa shape index (κ3) is 4.63. The van der Waals surface area contributed by atoms with Crippen LogP contribution >= 0.6 is 0 Å². The van der Waals surface area contributed by atoms with Crippen molar-refractivity contribution in [2.75, 3.05) is 31.8 Å². The minimum atomic E-state index is -3.73. The number of methoxy groups -OCH3 is 1. The summed E-state index contributed by atoms with van der Waals surface area (Å²) in [5.41, 5.74) is 4.95.